The summed E-state index contributed by atoms with van der Waals surface area (Å²) in [4.78, 5) is 23.3. The number of nitrogens with zero attached hydrogens (tertiary/aromatic N) is 3. The Kier molecular flexibility index (Phi) is 3.78. The molecule has 3 aromatic rings. The van der Waals surface area contributed by atoms with Gasteiger partial charge in [-0.05, 0) is 6.07 Å². The number of alkyl halides is 3. The number of halogens is 5. The zero-order valence-corrected chi connectivity index (χ0v) is 12.5. The lowest BCUT2D eigenvalue weighted by Gasteiger charge is -2.09. The van der Waals surface area contributed by atoms with E-state index in [-0.39, 0.29) is 16.9 Å². The van der Waals surface area contributed by atoms with E-state index in [1.165, 1.54) is 0 Å². The topological polar surface area (TPSA) is 85.1 Å². The molecule has 0 saturated heterocycles. The number of carboxylic acid groups (broad SMARTS) is 1. The van der Waals surface area contributed by atoms with Crippen LogP contribution < -0.4 is 5.43 Å². The quantitative estimate of drug-likeness (QED) is 0.695. The van der Waals surface area contributed by atoms with E-state index in [4.69, 9.17) is 5.11 Å². The summed E-state index contributed by atoms with van der Waals surface area (Å²) >= 11 is 0.0487. The largest absolute Gasteiger partial charge is 0.477 e. The number of aromatic nitrogens is 3. The predicted octanol–water partition coefficient (Wildman–Crippen LogP) is 2.84. The summed E-state index contributed by atoms with van der Waals surface area (Å²) in [7, 11) is 0. The second-order valence-corrected chi connectivity index (χ2v) is 5.67. The Hall–Kier alpha value is -2.89. The first-order valence-electron chi connectivity index (χ1n) is 6.28. The van der Waals surface area contributed by atoms with Crippen molar-refractivity contribution in [2.24, 2.45) is 0 Å². The minimum Gasteiger partial charge on any atom is -0.477 e. The minimum absolute atomic E-state index is 0.0487. The van der Waals surface area contributed by atoms with Crippen molar-refractivity contribution in [3.05, 3.63) is 50.8 Å². The molecule has 130 valence electrons. The molecule has 0 atom stereocenters. The van der Waals surface area contributed by atoms with Gasteiger partial charge in [0, 0.05) is 12.3 Å². The minimum atomic E-state index is -4.79. The Bertz CT molecular complexity index is 1070. The first kappa shape index (κ1) is 17.0. The van der Waals surface area contributed by atoms with Crippen molar-refractivity contribution in [3.63, 3.8) is 0 Å². The molecule has 25 heavy (non-hydrogen) atoms. The summed E-state index contributed by atoms with van der Waals surface area (Å²) in [6.07, 6.45) is -4.11. The maximum absolute atomic E-state index is 13.5. The molecule has 2 aromatic heterocycles. The SMILES string of the molecule is O=C(O)c1cn(-c2nnc(C(F)(F)F)s2)c2cc(F)c(F)cc2c1=O. The van der Waals surface area contributed by atoms with Gasteiger partial charge in [-0.2, -0.15) is 13.2 Å². The fourth-order valence-corrected chi connectivity index (χ4v) is 2.76. The van der Waals surface area contributed by atoms with Crippen LogP contribution in [-0.2, 0) is 6.18 Å². The molecule has 12 heteroatoms. The molecular weight excluding hydrogens is 373 g/mol. The van der Waals surface area contributed by atoms with E-state index in [1.807, 2.05) is 0 Å². The van der Waals surface area contributed by atoms with E-state index in [0.717, 1.165) is 4.57 Å². The van der Waals surface area contributed by atoms with Crippen LogP contribution in [0.3, 0.4) is 0 Å². The van der Waals surface area contributed by atoms with E-state index >= 15 is 0 Å². The third-order valence-electron chi connectivity index (χ3n) is 3.14. The number of hydrogen-bond acceptors (Lipinski definition) is 5. The van der Waals surface area contributed by atoms with Gasteiger partial charge in [-0.3, -0.25) is 9.36 Å². The van der Waals surface area contributed by atoms with Gasteiger partial charge in [0.2, 0.25) is 15.6 Å². The van der Waals surface area contributed by atoms with E-state index in [9.17, 15) is 31.5 Å². The molecule has 1 aromatic carbocycles. The van der Waals surface area contributed by atoms with Crippen molar-refractivity contribution in [3.8, 4) is 5.13 Å². The molecular formula is C13H4F5N3O3S. The number of aromatic carboxylic acids is 1. The first-order valence-corrected chi connectivity index (χ1v) is 7.10. The number of carbonyl (C=O) groups is 1. The Morgan fingerprint density at radius 1 is 1.16 bits per heavy atom. The van der Waals surface area contributed by atoms with Crippen LogP contribution in [0.25, 0.3) is 16.0 Å². The molecule has 0 radical (unpaired) electrons. The van der Waals surface area contributed by atoms with Gasteiger partial charge in [0.25, 0.3) is 0 Å². The smallest absolute Gasteiger partial charge is 0.445 e. The van der Waals surface area contributed by atoms with Crippen LogP contribution in [0.1, 0.15) is 15.4 Å². The Morgan fingerprint density at radius 2 is 1.80 bits per heavy atom. The maximum Gasteiger partial charge on any atom is 0.445 e. The summed E-state index contributed by atoms with van der Waals surface area (Å²) in [5, 5.41) is 13.0. The van der Waals surface area contributed by atoms with Crippen molar-refractivity contribution in [2.75, 3.05) is 0 Å². The molecule has 1 N–H and O–H groups in total. The number of hydrogen-bond donors (Lipinski definition) is 1. The van der Waals surface area contributed by atoms with Crippen LogP contribution in [0.2, 0.25) is 0 Å². The lowest BCUT2D eigenvalue weighted by Crippen LogP contribution is -2.18. The summed E-state index contributed by atoms with van der Waals surface area (Å²) in [5.74, 6) is -4.47. The zero-order valence-electron chi connectivity index (χ0n) is 11.6. The molecule has 0 bridgehead atoms. The third-order valence-corrected chi connectivity index (χ3v) is 4.11. The van der Waals surface area contributed by atoms with Crippen LogP contribution in [0.4, 0.5) is 22.0 Å². The van der Waals surface area contributed by atoms with Gasteiger partial charge < -0.3 is 5.11 Å². The monoisotopic (exact) mass is 377 g/mol. The summed E-state index contributed by atoms with van der Waals surface area (Å²) < 4.78 is 65.7. The molecule has 0 aliphatic rings. The fraction of sp³-hybridized carbons (Fsp3) is 0.0769. The van der Waals surface area contributed by atoms with Gasteiger partial charge in [-0.25, -0.2) is 13.6 Å². The summed E-state index contributed by atoms with van der Waals surface area (Å²) in [6, 6.07) is 1.04. The van der Waals surface area contributed by atoms with Crippen molar-refractivity contribution < 1.29 is 31.9 Å². The average Bonchev–Trinajstić information content (AvgIpc) is 2.99. The number of benzene rings is 1. The number of fused-ring (bicyclic) bond motifs is 1. The van der Waals surface area contributed by atoms with Gasteiger partial charge in [0.15, 0.2) is 11.6 Å². The van der Waals surface area contributed by atoms with Gasteiger partial charge in [-0.1, -0.05) is 11.3 Å². The van der Waals surface area contributed by atoms with E-state index < -0.39 is 50.3 Å². The van der Waals surface area contributed by atoms with Gasteiger partial charge in [-0.15, -0.1) is 10.2 Å². The Balaban J connectivity index is 2.39. The molecule has 6 nitrogen and oxygen atoms in total. The van der Waals surface area contributed by atoms with Gasteiger partial charge >= 0.3 is 12.1 Å². The van der Waals surface area contributed by atoms with Crippen LogP contribution >= 0.6 is 11.3 Å². The molecule has 0 unspecified atom stereocenters. The molecule has 2 heterocycles. The molecule has 0 spiro atoms. The van der Waals surface area contributed by atoms with Crippen molar-refractivity contribution in [1.29, 1.82) is 0 Å². The second-order valence-electron chi connectivity index (χ2n) is 4.72. The first-order chi connectivity index (χ1) is 11.6. The van der Waals surface area contributed by atoms with Crippen molar-refractivity contribution in [1.82, 2.24) is 14.8 Å². The lowest BCUT2D eigenvalue weighted by molar-refractivity contribution is -0.138. The van der Waals surface area contributed by atoms with Crippen LogP contribution in [0.15, 0.2) is 23.1 Å². The van der Waals surface area contributed by atoms with Crippen LogP contribution in [-0.4, -0.2) is 25.8 Å². The molecule has 0 saturated carbocycles. The fourth-order valence-electron chi connectivity index (χ4n) is 2.06. The lowest BCUT2D eigenvalue weighted by atomic mass is 10.1. The van der Waals surface area contributed by atoms with Gasteiger partial charge in [0.05, 0.1) is 10.9 Å². The molecule has 0 aliphatic heterocycles. The van der Waals surface area contributed by atoms with E-state index in [1.54, 1.807) is 0 Å². The molecule has 0 amide bonds. The van der Waals surface area contributed by atoms with Crippen molar-refractivity contribution in [2.45, 2.75) is 6.18 Å². The summed E-state index contributed by atoms with van der Waals surface area (Å²) in [5.41, 5.74) is -2.31. The molecule has 0 fully saturated rings. The van der Waals surface area contributed by atoms with Crippen molar-refractivity contribution >= 4 is 28.2 Å². The summed E-state index contributed by atoms with van der Waals surface area (Å²) in [6.45, 7) is 0. The predicted molar refractivity (Wildman–Crippen MR) is 74.9 cm³/mol. The molecule has 0 aliphatic carbocycles. The van der Waals surface area contributed by atoms with Crippen LogP contribution in [0.5, 0.6) is 0 Å². The maximum atomic E-state index is 13.5. The number of pyridine rings is 1. The molecule has 3 rings (SSSR count). The highest BCUT2D eigenvalue weighted by Gasteiger charge is 2.36. The highest BCUT2D eigenvalue weighted by atomic mass is 32.1. The standard InChI is InChI=1S/C13H4F5N3O3S/c14-6-1-4-8(2-7(6)15)21(3-5(9(4)22)10(23)24)12-20-19-11(25-12)13(16,17)18/h1-3H,(H,23,24). The third kappa shape index (κ3) is 2.84. The zero-order chi connectivity index (χ0) is 18.5. The van der Waals surface area contributed by atoms with E-state index in [2.05, 4.69) is 10.2 Å². The highest BCUT2D eigenvalue weighted by molar-refractivity contribution is 7.13. The average molecular weight is 377 g/mol. The second kappa shape index (κ2) is 5.58. The Morgan fingerprint density at radius 3 is 2.36 bits per heavy atom. The van der Waals surface area contributed by atoms with E-state index in [0.29, 0.717) is 18.3 Å². The number of rotatable bonds is 2. The number of carboxylic acids is 1. The van der Waals surface area contributed by atoms with Gasteiger partial charge in [0.1, 0.15) is 5.56 Å². The van der Waals surface area contributed by atoms with Crippen LogP contribution in [0, 0.1) is 11.6 Å². The highest BCUT2D eigenvalue weighted by Crippen LogP contribution is 2.33. The normalized spacial score (nSPS) is 11.9. The Labute approximate surface area is 137 Å².